The highest BCUT2D eigenvalue weighted by molar-refractivity contribution is 9.09. The molecule has 0 amide bonds. The van der Waals surface area contributed by atoms with Gasteiger partial charge in [0.25, 0.3) is 0 Å². The summed E-state index contributed by atoms with van der Waals surface area (Å²) in [4.78, 5) is 0.500. The molecule has 0 aromatic heterocycles. The lowest BCUT2D eigenvalue weighted by molar-refractivity contribution is 0.330. The molecule has 0 radical (unpaired) electrons. The molecule has 0 aliphatic heterocycles. The van der Waals surface area contributed by atoms with Gasteiger partial charge < -0.3 is 0 Å². The van der Waals surface area contributed by atoms with E-state index in [2.05, 4.69) is 57.5 Å². The molecule has 19 heavy (non-hydrogen) atoms. The first-order valence-electron chi connectivity index (χ1n) is 7.50. The van der Waals surface area contributed by atoms with Crippen molar-refractivity contribution >= 4 is 15.9 Å². The fourth-order valence-corrected chi connectivity index (χ4v) is 4.84. The van der Waals surface area contributed by atoms with E-state index in [0.29, 0.717) is 10.2 Å². The third-order valence-electron chi connectivity index (χ3n) is 5.67. The second kappa shape index (κ2) is 5.24. The summed E-state index contributed by atoms with van der Waals surface area (Å²) in [5.74, 6) is 0. The van der Waals surface area contributed by atoms with Gasteiger partial charge in [0.2, 0.25) is 0 Å². The zero-order valence-electron chi connectivity index (χ0n) is 13.3. The second-order valence-corrected chi connectivity index (χ2v) is 7.68. The van der Waals surface area contributed by atoms with Crippen molar-refractivity contribution in [3.05, 3.63) is 33.4 Å². The molecular formula is C18H27Br. The summed E-state index contributed by atoms with van der Waals surface area (Å²) in [5, 5.41) is 0. The van der Waals surface area contributed by atoms with Crippen LogP contribution in [0.4, 0.5) is 0 Å². The number of hydrogen-bond donors (Lipinski definition) is 0. The van der Waals surface area contributed by atoms with Gasteiger partial charge in [-0.1, -0.05) is 35.7 Å². The number of hydrogen-bond acceptors (Lipinski definition) is 0. The van der Waals surface area contributed by atoms with Crippen molar-refractivity contribution in [3.63, 3.8) is 0 Å². The Morgan fingerprint density at radius 3 is 1.58 bits per heavy atom. The lowest BCUT2D eigenvalue weighted by atomic mass is 9.77. The Balaban J connectivity index is 2.56. The maximum absolute atomic E-state index is 4.06. The third kappa shape index (κ3) is 2.39. The van der Waals surface area contributed by atoms with Crippen LogP contribution < -0.4 is 0 Å². The van der Waals surface area contributed by atoms with Crippen molar-refractivity contribution in [3.8, 4) is 0 Å². The maximum atomic E-state index is 4.06. The van der Waals surface area contributed by atoms with E-state index in [9.17, 15) is 0 Å². The van der Waals surface area contributed by atoms with E-state index < -0.39 is 0 Å². The quantitative estimate of drug-likeness (QED) is 0.565. The molecule has 2 rings (SSSR count). The van der Waals surface area contributed by atoms with Gasteiger partial charge in [0.15, 0.2) is 0 Å². The highest BCUT2D eigenvalue weighted by Gasteiger charge is 2.38. The SMILES string of the molecule is Cc1c(C)c(C)c(C(Br)C2(C)CCCC2)c(C)c1C. The summed E-state index contributed by atoms with van der Waals surface area (Å²) < 4.78 is 0. The van der Waals surface area contributed by atoms with E-state index in [4.69, 9.17) is 0 Å². The van der Waals surface area contributed by atoms with E-state index in [1.165, 1.54) is 53.5 Å². The average Bonchev–Trinajstić information content (AvgIpc) is 2.82. The first-order valence-corrected chi connectivity index (χ1v) is 8.42. The smallest absolute Gasteiger partial charge is 0.0454 e. The van der Waals surface area contributed by atoms with Crippen molar-refractivity contribution in [1.29, 1.82) is 0 Å². The van der Waals surface area contributed by atoms with E-state index in [1.807, 2.05) is 0 Å². The normalized spacial score (nSPS) is 19.7. The molecule has 1 unspecified atom stereocenters. The van der Waals surface area contributed by atoms with Crippen LogP contribution in [0.3, 0.4) is 0 Å². The van der Waals surface area contributed by atoms with Gasteiger partial charge in [-0.2, -0.15) is 0 Å². The minimum atomic E-state index is 0.434. The first-order chi connectivity index (χ1) is 8.79. The molecule has 1 heteroatoms. The van der Waals surface area contributed by atoms with E-state index >= 15 is 0 Å². The fourth-order valence-electron chi connectivity index (χ4n) is 3.69. The van der Waals surface area contributed by atoms with Crippen molar-refractivity contribution in [2.45, 2.75) is 72.1 Å². The van der Waals surface area contributed by atoms with Crippen LogP contribution >= 0.6 is 15.9 Å². The minimum absolute atomic E-state index is 0.434. The van der Waals surface area contributed by atoms with Crippen LogP contribution in [0.15, 0.2) is 0 Å². The van der Waals surface area contributed by atoms with Crippen LogP contribution in [0, 0.1) is 40.0 Å². The Kier molecular flexibility index (Phi) is 4.16. The summed E-state index contributed by atoms with van der Waals surface area (Å²) in [6.07, 6.45) is 5.49. The minimum Gasteiger partial charge on any atom is -0.0833 e. The zero-order chi connectivity index (χ0) is 14.4. The Labute approximate surface area is 127 Å². The Bertz CT molecular complexity index is 464. The van der Waals surface area contributed by atoms with Crippen LogP contribution in [-0.4, -0.2) is 0 Å². The maximum Gasteiger partial charge on any atom is 0.0454 e. The summed E-state index contributed by atoms with van der Waals surface area (Å²) in [7, 11) is 0. The molecule has 1 fully saturated rings. The van der Waals surface area contributed by atoms with Gasteiger partial charge in [-0.3, -0.25) is 0 Å². The molecule has 1 aliphatic carbocycles. The molecule has 0 heterocycles. The monoisotopic (exact) mass is 322 g/mol. The van der Waals surface area contributed by atoms with Crippen molar-refractivity contribution < 1.29 is 0 Å². The van der Waals surface area contributed by atoms with Gasteiger partial charge in [0.05, 0.1) is 0 Å². The molecule has 0 spiro atoms. The molecule has 1 saturated carbocycles. The molecule has 0 saturated heterocycles. The predicted molar refractivity (Wildman–Crippen MR) is 88.4 cm³/mol. The van der Waals surface area contributed by atoms with Crippen LogP contribution in [0.1, 0.15) is 70.8 Å². The first kappa shape index (κ1) is 15.1. The fraction of sp³-hybridized carbons (Fsp3) is 0.667. The summed E-state index contributed by atoms with van der Waals surface area (Å²) in [6, 6.07) is 0. The van der Waals surface area contributed by atoms with Gasteiger partial charge >= 0.3 is 0 Å². The summed E-state index contributed by atoms with van der Waals surface area (Å²) >= 11 is 4.06. The molecule has 1 aromatic rings. The third-order valence-corrected chi connectivity index (χ3v) is 7.23. The van der Waals surface area contributed by atoms with Gasteiger partial charge in [-0.25, -0.2) is 0 Å². The topological polar surface area (TPSA) is 0 Å². The van der Waals surface area contributed by atoms with Crippen molar-refractivity contribution in [1.82, 2.24) is 0 Å². The van der Waals surface area contributed by atoms with Crippen LogP contribution in [-0.2, 0) is 0 Å². The van der Waals surface area contributed by atoms with Gasteiger partial charge in [0, 0.05) is 4.83 Å². The van der Waals surface area contributed by atoms with Crippen molar-refractivity contribution in [2.75, 3.05) is 0 Å². The second-order valence-electron chi connectivity index (χ2n) is 6.76. The lowest BCUT2D eigenvalue weighted by Crippen LogP contribution is -2.20. The Hall–Kier alpha value is -0.300. The average molecular weight is 323 g/mol. The molecule has 106 valence electrons. The van der Waals surface area contributed by atoms with E-state index in [1.54, 1.807) is 5.56 Å². The standard InChI is InChI=1S/C18H27Br/c1-11-12(2)14(4)16(15(5)13(11)3)17(19)18(6)9-7-8-10-18/h17H,7-10H2,1-6H3. The molecule has 0 bridgehead atoms. The number of halogens is 1. The van der Waals surface area contributed by atoms with Gasteiger partial charge in [0.1, 0.15) is 0 Å². The highest BCUT2D eigenvalue weighted by Crippen LogP contribution is 2.53. The van der Waals surface area contributed by atoms with Gasteiger partial charge in [-0.15, -0.1) is 0 Å². The predicted octanol–water partition coefficient (Wildman–Crippen LogP) is 6.25. The Morgan fingerprint density at radius 1 is 0.789 bits per heavy atom. The summed E-state index contributed by atoms with van der Waals surface area (Å²) in [5.41, 5.74) is 9.41. The number of alkyl halides is 1. The molecule has 1 aliphatic rings. The van der Waals surface area contributed by atoms with E-state index in [0.717, 1.165) is 0 Å². The molecular weight excluding hydrogens is 296 g/mol. The molecule has 1 atom stereocenters. The van der Waals surface area contributed by atoms with Gasteiger partial charge in [-0.05, 0) is 86.3 Å². The van der Waals surface area contributed by atoms with E-state index in [-0.39, 0.29) is 0 Å². The van der Waals surface area contributed by atoms with Crippen LogP contribution in [0.25, 0.3) is 0 Å². The largest absolute Gasteiger partial charge is 0.0833 e. The molecule has 1 aromatic carbocycles. The van der Waals surface area contributed by atoms with Crippen LogP contribution in [0.2, 0.25) is 0 Å². The number of benzene rings is 1. The zero-order valence-corrected chi connectivity index (χ0v) is 14.9. The molecule has 0 nitrogen and oxygen atoms in total. The summed E-state index contributed by atoms with van der Waals surface area (Å²) in [6.45, 7) is 13.9. The van der Waals surface area contributed by atoms with Crippen molar-refractivity contribution in [2.24, 2.45) is 5.41 Å². The van der Waals surface area contributed by atoms with Crippen LogP contribution in [0.5, 0.6) is 0 Å². The molecule has 0 N–H and O–H groups in total. The lowest BCUT2D eigenvalue weighted by Gasteiger charge is -2.33. The Morgan fingerprint density at radius 2 is 1.16 bits per heavy atom. The highest BCUT2D eigenvalue weighted by atomic mass is 79.9. The number of rotatable bonds is 2.